The van der Waals surface area contributed by atoms with Crippen molar-refractivity contribution < 1.29 is 0 Å². The summed E-state index contributed by atoms with van der Waals surface area (Å²) in [6.07, 6.45) is 6.89. The van der Waals surface area contributed by atoms with Crippen LogP contribution in [0, 0.1) is 17.3 Å². The van der Waals surface area contributed by atoms with Gasteiger partial charge in [-0.2, -0.15) is 0 Å². The first-order chi connectivity index (χ1) is 6.05. The second-order valence-corrected chi connectivity index (χ2v) is 5.58. The molecule has 0 amide bonds. The largest absolute Gasteiger partial charge is 0.330 e. The van der Waals surface area contributed by atoms with Crippen LogP contribution in [0.4, 0.5) is 0 Å². The smallest absolute Gasteiger partial charge is 0.00746 e. The highest BCUT2D eigenvalue weighted by atomic mass is 14.5. The van der Waals surface area contributed by atoms with E-state index in [0.717, 1.165) is 18.4 Å². The molecule has 0 bridgehead atoms. The third-order valence-electron chi connectivity index (χ3n) is 3.67. The van der Waals surface area contributed by atoms with E-state index in [1.54, 1.807) is 0 Å². The van der Waals surface area contributed by atoms with Crippen molar-refractivity contribution in [1.82, 2.24) is 0 Å². The van der Waals surface area contributed by atoms with Crippen molar-refractivity contribution in [2.24, 2.45) is 23.0 Å². The summed E-state index contributed by atoms with van der Waals surface area (Å²) in [5.74, 6) is 1.77. The maximum atomic E-state index is 5.60. The van der Waals surface area contributed by atoms with Crippen LogP contribution in [0.1, 0.15) is 52.9 Å². The molecule has 0 saturated heterocycles. The Balaban J connectivity index is 2.42. The summed E-state index contributed by atoms with van der Waals surface area (Å²) in [5.41, 5.74) is 6.19. The summed E-state index contributed by atoms with van der Waals surface area (Å²) in [5, 5.41) is 0. The lowest BCUT2D eigenvalue weighted by Gasteiger charge is -2.38. The minimum absolute atomic E-state index is 0.589. The van der Waals surface area contributed by atoms with Crippen molar-refractivity contribution in [2.75, 3.05) is 6.54 Å². The van der Waals surface area contributed by atoms with Gasteiger partial charge in [0.1, 0.15) is 0 Å². The quantitative estimate of drug-likeness (QED) is 0.714. The van der Waals surface area contributed by atoms with E-state index >= 15 is 0 Å². The molecule has 1 aliphatic rings. The standard InChI is InChI=1S/C12H25N/c1-10(6-8-13)11-5-4-7-12(2,3)9-11/h10-11H,4-9,13H2,1-3H3. The molecule has 0 spiro atoms. The zero-order valence-corrected chi connectivity index (χ0v) is 9.47. The molecule has 13 heavy (non-hydrogen) atoms. The van der Waals surface area contributed by atoms with E-state index in [2.05, 4.69) is 20.8 Å². The van der Waals surface area contributed by atoms with Gasteiger partial charge in [0, 0.05) is 0 Å². The van der Waals surface area contributed by atoms with Gasteiger partial charge in [-0.05, 0) is 43.1 Å². The summed E-state index contributed by atoms with van der Waals surface area (Å²) >= 11 is 0. The van der Waals surface area contributed by atoms with Crippen LogP contribution in [-0.2, 0) is 0 Å². The van der Waals surface area contributed by atoms with E-state index in [9.17, 15) is 0 Å². The molecule has 2 unspecified atom stereocenters. The Morgan fingerprint density at radius 3 is 2.69 bits per heavy atom. The summed E-state index contributed by atoms with van der Waals surface area (Å²) in [6, 6.07) is 0. The highest BCUT2D eigenvalue weighted by Crippen LogP contribution is 2.42. The molecule has 1 heteroatoms. The number of hydrogen-bond acceptors (Lipinski definition) is 1. The van der Waals surface area contributed by atoms with Crippen LogP contribution in [0.3, 0.4) is 0 Å². The maximum Gasteiger partial charge on any atom is -0.00746 e. The minimum atomic E-state index is 0.589. The molecule has 1 saturated carbocycles. The van der Waals surface area contributed by atoms with Crippen molar-refractivity contribution in [3.05, 3.63) is 0 Å². The van der Waals surface area contributed by atoms with E-state index in [-0.39, 0.29) is 0 Å². The van der Waals surface area contributed by atoms with Gasteiger partial charge in [0.2, 0.25) is 0 Å². The predicted molar refractivity (Wildman–Crippen MR) is 58.6 cm³/mol. The molecule has 1 rings (SSSR count). The number of rotatable bonds is 3. The SMILES string of the molecule is CC(CCN)C1CCCC(C)(C)C1. The second kappa shape index (κ2) is 4.45. The first-order valence-corrected chi connectivity index (χ1v) is 5.75. The fourth-order valence-electron chi connectivity index (χ4n) is 2.74. The summed E-state index contributed by atoms with van der Waals surface area (Å²) < 4.78 is 0. The van der Waals surface area contributed by atoms with Crippen LogP contribution in [0.25, 0.3) is 0 Å². The van der Waals surface area contributed by atoms with E-state index in [0.29, 0.717) is 5.41 Å². The third-order valence-corrected chi connectivity index (χ3v) is 3.67. The van der Waals surface area contributed by atoms with Crippen LogP contribution >= 0.6 is 0 Å². The Labute approximate surface area is 83.1 Å². The van der Waals surface area contributed by atoms with Gasteiger partial charge in [0.05, 0.1) is 0 Å². The molecule has 78 valence electrons. The van der Waals surface area contributed by atoms with Crippen molar-refractivity contribution in [3.63, 3.8) is 0 Å². The molecular formula is C12H25N. The highest BCUT2D eigenvalue weighted by Gasteiger charge is 2.30. The monoisotopic (exact) mass is 183 g/mol. The molecule has 1 fully saturated rings. The maximum absolute atomic E-state index is 5.60. The Morgan fingerprint density at radius 1 is 1.46 bits per heavy atom. The molecule has 0 aromatic heterocycles. The van der Waals surface area contributed by atoms with E-state index in [1.165, 1.54) is 32.1 Å². The summed E-state index contributed by atoms with van der Waals surface area (Å²) in [7, 11) is 0. The fraction of sp³-hybridized carbons (Fsp3) is 1.00. The number of nitrogens with two attached hydrogens (primary N) is 1. The van der Waals surface area contributed by atoms with Crippen LogP contribution in [0.5, 0.6) is 0 Å². The molecule has 1 nitrogen and oxygen atoms in total. The first-order valence-electron chi connectivity index (χ1n) is 5.75. The van der Waals surface area contributed by atoms with Crippen LogP contribution in [0.2, 0.25) is 0 Å². The normalized spacial score (nSPS) is 30.0. The molecule has 2 atom stereocenters. The molecule has 2 N–H and O–H groups in total. The van der Waals surface area contributed by atoms with Gasteiger partial charge in [0.25, 0.3) is 0 Å². The van der Waals surface area contributed by atoms with Crippen molar-refractivity contribution >= 4 is 0 Å². The van der Waals surface area contributed by atoms with Crippen LogP contribution in [-0.4, -0.2) is 6.54 Å². The molecule has 0 radical (unpaired) electrons. The molecule has 0 aromatic carbocycles. The van der Waals surface area contributed by atoms with E-state index < -0.39 is 0 Å². The van der Waals surface area contributed by atoms with E-state index in [1.807, 2.05) is 0 Å². The average molecular weight is 183 g/mol. The second-order valence-electron chi connectivity index (χ2n) is 5.58. The molecule has 0 heterocycles. The van der Waals surface area contributed by atoms with E-state index in [4.69, 9.17) is 5.73 Å². The highest BCUT2D eigenvalue weighted by molar-refractivity contribution is 4.81. The Bertz CT molecular complexity index is 151. The molecule has 1 aliphatic carbocycles. The first kappa shape index (κ1) is 11.0. The fourth-order valence-corrected chi connectivity index (χ4v) is 2.74. The van der Waals surface area contributed by atoms with Gasteiger partial charge in [-0.15, -0.1) is 0 Å². The lowest BCUT2D eigenvalue weighted by atomic mass is 9.68. The molecular weight excluding hydrogens is 158 g/mol. The van der Waals surface area contributed by atoms with Gasteiger partial charge < -0.3 is 5.73 Å². The van der Waals surface area contributed by atoms with Crippen LogP contribution < -0.4 is 5.73 Å². The Kier molecular flexibility index (Phi) is 3.78. The van der Waals surface area contributed by atoms with Gasteiger partial charge in [-0.1, -0.05) is 33.6 Å². The lowest BCUT2D eigenvalue weighted by Crippen LogP contribution is -2.27. The topological polar surface area (TPSA) is 26.0 Å². The predicted octanol–water partition coefficient (Wildman–Crippen LogP) is 3.19. The Hall–Kier alpha value is -0.0400. The molecule has 0 aliphatic heterocycles. The van der Waals surface area contributed by atoms with Crippen LogP contribution in [0.15, 0.2) is 0 Å². The number of hydrogen-bond donors (Lipinski definition) is 1. The lowest BCUT2D eigenvalue weighted by molar-refractivity contribution is 0.137. The Morgan fingerprint density at radius 2 is 2.15 bits per heavy atom. The van der Waals surface area contributed by atoms with Gasteiger partial charge >= 0.3 is 0 Å². The van der Waals surface area contributed by atoms with Gasteiger partial charge in [-0.25, -0.2) is 0 Å². The zero-order chi connectivity index (χ0) is 9.90. The molecule has 0 aromatic rings. The van der Waals surface area contributed by atoms with Gasteiger partial charge in [0.15, 0.2) is 0 Å². The minimum Gasteiger partial charge on any atom is -0.330 e. The van der Waals surface area contributed by atoms with Gasteiger partial charge in [-0.3, -0.25) is 0 Å². The summed E-state index contributed by atoms with van der Waals surface area (Å²) in [6.45, 7) is 8.06. The zero-order valence-electron chi connectivity index (χ0n) is 9.47. The summed E-state index contributed by atoms with van der Waals surface area (Å²) in [4.78, 5) is 0. The van der Waals surface area contributed by atoms with Crippen molar-refractivity contribution in [1.29, 1.82) is 0 Å². The third kappa shape index (κ3) is 3.30. The average Bonchev–Trinajstić information content (AvgIpc) is 2.03. The van der Waals surface area contributed by atoms with Crippen molar-refractivity contribution in [2.45, 2.75) is 52.9 Å². The van der Waals surface area contributed by atoms with Crippen molar-refractivity contribution in [3.8, 4) is 0 Å².